The Morgan fingerprint density at radius 1 is 1.30 bits per heavy atom. The van der Waals surface area contributed by atoms with E-state index in [-0.39, 0.29) is 30.7 Å². The van der Waals surface area contributed by atoms with E-state index in [1.54, 1.807) is 0 Å². The molecule has 2 rings (SSSR count). The van der Waals surface area contributed by atoms with E-state index < -0.39 is 11.6 Å². The van der Waals surface area contributed by atoms with Crippen molar-refractivity contribution in [3.8, 4) is 0 Å². The zero-order valence-corrected chi connectivity index (χ0v) is 12.0. The number of halogens is 2. The number of aliphatic hydroxyl groups is 1. The number of piperidine rings is 1. The van der Waals surface area contributed by atoms with Crippen LogP contribution in [0.15, 0.2) is 18.2 Å². The molecule has 0 unspecified atom stereocenters. The Kier molecular flexibility index (Phi) is 5.07. The summed E-state index contributed by atoms with van der Waals surface area (Å²) in [5.41, 5.74) is 0.132. The Balaban J connectivity index is 2.07. The molecule has 0 spiro atoms. The zero-order chi connectivity index (χ0) is 14.7. The Morgan fingerprint density at radius 3 is 2.50 bits per heavy atom. The van der Waals surface area contributed by atoms with Gasteiger partial charge in [-0.1, -0.05) is 6.07 Å². The van der Waals surface area contributed by atoms with Crippen LogP contribution in [0, 0.1) is 17.6 Å². The van der Waals surface area contributed by atoms with Gasteiger partial charge in [-0.3, -0.25) is 4.90 Å². The van der Waals surface area contributed by atoms with Gasteiger partial charge < -0.3 is 10.0 Å². The number of likely N-dealkylation sites (tertiary alicyclic amines) is 1. The summed E-state index contributed by atoms with van der Waals surface area (Å²) in [6.07, 6.45) is 0.843. The summed E-state index contributed by atoms with van der Waals surface area (Å²) < 4.78 is 27.4. The topological polar surface area (TPSA) is 26.7 Å². The van der Waals surface area contributed by atoms with Gasteiger partial charge in [0.25, 0.3) is 0 Å². The maximum absolute atomic E-state index is 13.7. The van der Waals surface area contributed by atoms with Crippen LogP contribution in [0.3, 0.4) is 0 Å². The summed E-state index contributed by atoms with van der Waals surface area (Å²) in [6, 6.07) is 4.18. The summed E-state index contributed by atoms with van der Waals surface area (Å²) >= 11 is 0. The molecular formula is C15H22F2N2O. The van der Waals surface area contributed by atoms with Crippen LogP contribution >= 0.6 is 0 Å². The quantitative estimate of drug-likeness (QED) is 0.912. The second kappa shape index (κ2) is 6.61. The first-order valence-corrected chi connectivity index (χ1v) is 6.95. The normalized spacial score (nSPS) is 24.3. The van der Waals surface area contributed by atoms with E-state index in [1.165, 1.54) is 18.2 Å². The lowest BCUT2D eigenvalue weighted by molar-refractivity contribution is 0.0452. The minimum Gasteiger partial charge on any atom is -0.396 e. The lowest BCUT2D eigenvalue weighted by atomic mass is 9.91. The Hall–Kier alpha value is -1.04. The third kappa shape index (κ3) is 3.34. The van der Waals surface area contributed by atoms with E-state index in [0.717, 1.165) is 13.0 Å². The number of hydrogen-bond acceptors (Lipinski definition) is 3. The van der Waals surface area contributed by atoms with Gasteiger partial charge in [0.05, 0.1) is 0 Å². The van der Waals surface area contributed by atoms with Gasteiger partial charge in [0.1, 0.15) is 11.6 Å². The zero-order valence-electron chi connectivity index (χ0n) is 12.0. The standard InChI is InChI=1S/C15H22F2N2O/c1-18(2)15-9-19(7-6-11(15)10-20)8-12-13(16)4-3-5-14(12)17/h3-5,11,15,20H,6-10H2,1-2H3/t11-,15-/m1/s1. The highest BCUT2D eigenvalue weighted by Crippen LogP contribution is 2.23. The summed E-state index contributed by atoms with van der Waals surface area (Å²) in [6.45, 7) is 1.90. The van der Waals surface area contributed by atoms with Crippen molar-refractivity contribution < 1.29 is 13.9 Å². The summed E-state index contributed by atoms with van der Waals surface area (Å²) in [5, 5.41) is 9.41. The molecule has 20 heavy (non-hydrogen) atoms. The molecule has 1 saturated heterocycles. The Bertz CT molecular complexity index is 433. The molecule has 3 nitrogen and oxygen atoms in total. The minimum absolute atomic E-state index is 0.132. The van der Waals surface area contributed by atoms with Gasteiger partial charge in [0.15, 0.2) is 0 Å². The number of benzene rings is 1. The predicted octanol–water partition coefficient (Wildman–Crippen LogP) is 1.71. The average molecular weight is 284 g/mol. The van der Waals surface area contributed by atoms with Crippen LogP contribution < -0.4 is 0 Å². The van der Waals surface area contributed by atoms with Crippen molar-refractivity contribution in [2.45, 2.75) is 19.0 Å². The molecule has 1 aliphatic heterocycles. The first-order chi connectivity index (χ1) is 9.52. The lowest BCUT2D eigenvalue weighted by Crippen LogP contribution is -2.51. The number of nitrogens with zero attached hydrogens (tertiary/aromatic N) is 2. The SMILES string of the molecule is CN(C)[C@@H]1CN(Cc2c(F)cccc2F)CC[C@@H]1CO. The fourth-order valence-electron chi connectivity index (χ4n) is 2.89. The summed E-state index contributed by atoms with van der Waals surface area (Å²) in [7, 11) is 3.95. The Morgan fingerprint density at radius 2 is 1.95 bits per heavy atom. The number of aliphatic hydroxyl groups excluding tert-OH is 1. The van der Waals surface area contributed by atoms with Crippen LogP contribution in [0.25, 0.3) is 0 Å². The van der Waals surface area contributed by atoms with Gasteiger partial charge in [0, 0.05) is 31.3 Å². The third-order valence-corrected chi connectivity index (χ3v) is 4.15. The van der Waals surface area contributed by atoms with Gasteiger partial charge >= 0.3 is 0 Å². The van der Waals surface area contributed by atoms with E-state index >= 15 is 0 Å². The van der Waals surface area contributed by atoms with Crippen molar-refractivity contribution in [2.75, 3.05) is 33.8 Å². The lowest BCUT2D eigenvalue weighted by Gasteiger charge is -2.41. The number of rotatable bonds is 4. The highest BCUT2D eigenvalue weighted by atomic mass is 19.1. The van der Waals surface area contributed by atoms with Crippen LogP contribution in [-0.4, -0.2) is 54.7 Å². The first kappa shape index (κ1) is 15.4. The molecule has 1 heterocycles. The molecular weight excluding hydrogens is 262 g/mol. The first-order valence-electron chi connectivity index (χ1n) is 6.95. The monoisotopic (exact) mass is 284 g/mol. The van der Waals surface area contributed by atoms with Gasteiger partial charge in [-0.05, 0) is 45.1 Å². The van der Waals surface area contributed by atoms with E-state index in [1.807, 2.05) is 14.1 Å². The number of likely N-dealkylation sites (N-methyl/N-ethyl adjacent to an activating group) is 1. The predicted molar refractivity (Wildman–Crippen MR) is 74.3 cm³/mol. The fraction of sp³-hybridized carbons (Fsp3) is 0.600. The van der Waals surface area contributed by atoms with Gasteiger partial charge in [-0.25, -0.2) is 8.78 Å². The average Bonchev–Trinajstić information content (AvgIpc) is 2.43. The van der Waals surface area contributed by atoms with Crippen molar-refractivity contribution in [1.82, 2.24) is 9.80 Å². The summed E-state index contributed by atoms with van der Waals surface area (Å²) in [5.74, 6) is -0.752. The van der Waals surface area contributed by atoms with Crippen molar-refractivity contribution >= 4 is 0 Å². The van der Waals surface area contributed by atoms with E-state index in [4.69, 9.17) is 0 Å². The number of hydrogen-bond donors (Lipinski definition) is 1. The molecule has 5 heteroatoms. The van der Waals surface area contributed by atoms with E-state index in [0.29, 0.717) is 6.54 Å². The summed E-state index contributed by atoms with van der Waals surface area (Å²) in [4.78, 5) is 4.13. The molecule has 1 N–H and O–H groups in total. The highest BCUT2D eigenvalue weighted by molar-refractivity contribution is 5.19. The van der Waals surface area contributed by atoms with Crippen LogP contribution in [0.4, 0.5) is 8.78 Å². The molecule has 112 valence electrons. The molecule has 2 atom stereocenters. The largest absolute Gasteiger partial charge is 0.396 e. The minimum atomic E-state index is -0.490. The molecule has 0 radical (unpaired) electrons. The molecule has 1 aliphatic rings. The molecule has 0 amide bonds. The highest BCUT2D eigenvalue weighted by Gasteiger charge is 2.30. The molecule has 0 saturated carbocycles. The molecule has 1 aromatic carbocycles. The molecule has 0 bridgehead atoms. The molecule has 0 aromatic heterocycles. The van der Waals surface area contributed by atoms with Crippen LogP contribution in [-0.2, 0) is 6.54 Å². The maximum atomic E-state index is 13.7. The Labute approximate surface area is 118 Å². The van der Waals surface area contributed by atoms with E-state index in [9.17, 15) is 13.9 Å². The molecule has 0 aliphatic carbocycles. The van der Waals surface area contributed by atoms with Crippen LogP contribution in [0.5, 0.6) is 0 Å². The fourth-order valence-corrected chi connectivity index (χ4v) is 2.89. The molecule has 1 fully saturated rings. The maximum Gasteiger partial charge on any atom is 0.130 e. The van der Waals surface area contributed by atoms with Crippen LogP contribution in [0.2, 0.25) is 0 Å². The smallest absolute Gasteiger partial charge is 0.130 e. The third-order valence-electron chi connectivity index (χ3n) is 4.15. The van der Waals surface area contributed by atoms with Crippen molar-refractivity contribution in [1.29, 1.82) is 0 Å². The van der Waals surface area contributed by atoms with Gasteiger partial charge in [-0.15, -0.1) is 0 Å². The van der Waals surface area contributed by atoms with Crippen molar-refractivity contribution in [3.63, 3.8) is 0 Å². The molecule has 1 aromatic rings. The second-order valence-electron chi connectivity index (χ2n) is 5.70. The van der Waals surface area contributed by atoms with Crippen molar-refractivity contribution in [3.05, 3.63) is 35.4 Å². The van der Waals surface area contributed by atoms with E-state index in [2.05, 4.69) is 9.80 Å². The van der Waals surface area contributed by atoms with Crippen LogP contribution in [0.1, 0.15) is 12.0 Å². The van der Waals surface area contributed by atoms with Crippen molar-refractivity contribution in [2.24, 2.45) is 5.92 Å². The van der Waals surface area contributed by atoms with Gasteiger partial charge in [0.2, 0.25) is 0 Å². The second-order valence-corrected chi connectivity index (χ2v) is 5.70. The van der Waals surface area contributed by atoms with Gasteiger partial charge in [-0.2, -0.15) is 0 Å².